The molecule has 1 unspecified atom stereocenters. The van der Waals surface area contributed by atoms with Crippen molar-refractivity contribution in [1.29, 1.82) is 0 Å². The van der Waals surface area contributed by atoms with E-state index in [1.807, 2.05) is 36.0 Å². The van der Waals surface area contributed by atoms with E-state index in [0.717, 1.165) is 18.4 Å². The minimum Gasteiger partial charge on any atom is -0.377 e. The molecule has 0 aliphatic heterocycles. The Bertz CT molecular complexity index is 553. The van der Waals surface area contributed by atoms with Crippen molar-refractivity contribution in [3.8, 4) is 0 Å². The molecular weight excluding hydrogens is 260 g/mol. The Kier molecular flexibility index (Phi) is 4.27. The van der Waals surface area contributed by atoms with Crippen LogP contribution in [-0.2, 0) is 12.6 Å². The van der Waals surface area contributed by atoms with Crippen LogP contribution in [0.25, 0.3) is 0 Å². The average Bonchev–Trinajstić information content (AvgIpc) is 2.83. The van der Waals surface area contributed by atoms with E-state index in [9.17, 15) is 5.11 Å². The zero-order chi connectivity index (χ0) is 13.9. The summed E-state index contributed by atoms with van der Waals surface area (Å²) >= 11 is 6.26. The summed E-state index contributed by atoms with van der Waals surface area (Å²) in [6.45, 7) is 2.10. The summed E-state index contributed by atoms with van der Waals surface area (Å²) in [7, 11) is 1.89. The van der Waals surface area contributed by atoms with E-state index in [1.54, 1.807) is 12.3 Å². The van der Waals surface area contributed by atoms with Crippen LogP contribution in [0.15, 0.2) is 36.7 Å². The highest BCUT2D eigenvalue weighted by molar-refractivity contribution is 6.31. The minimum atomic E-state index is -1.13. The molecule has 0 amide bonds. The summed E-state index contributed by atoms with van der Waals surface area (Å²) in [5.74, 6) is 0.633. The number of halogens is 1. The Morgan fingerprint density at radius 2 is 2.11 bits per heavy atom. The Labute approximate surface area is 118 Å². The fourth-order valence-electron chi connectivity index (χ4n) is 2.36. The van der Waals surface area contributed by atoms with Crippen LogP contribution in [-0.4, -0.2) is 14.7 Å². The molecule has 1 heterocycles. The molecule has 1 aromatic heterocycles. The first-order valence-corrected chi connectivity index (χ1v) is 6.92. The fourth-order valence-corrected chi connectivity index (χ4v) is 2.65. The van der Waals surface area contributed by atoms with Crippen molar-refractivity contribution in [2.45, 2.75) is 31.8 Å². The molecule has 4 heteroatoms. The summed E-state index contributed by atoms with van der Waals surface area (Å²) in [6, 6.07) is 7.43. The second kappa shape index (κ2) is 5.76. The van der Waals surface area contributed by atoms with Crippen LogP contribution < -0.4 is 0 Å². The summed E-state index contributed by atoms with van der Waals surface area (Å²) < 4.78 is 1.85. The van der Waals surface area contributed by atoms with Gasteiger partial charge in [0, 0.05) is 30.0 Å². The average molecular weight is 279 g/mol. The molecule has 1 N–H and O–H groups in total. The van der Waals surface area contributed by atoms with Crippen LogP contribution in [0.5, 0.6) is 0 Å². The number of imidazole rings is 1. The van der Waals surface area contributed by atoms with Gasteiger partial charge >= 0.3 is 0 Å². The second-order valence-corrected chi connectivity index (χ2v) is 5.21. The van der Waals surface area contributed by atoms with E-state index < -0.39 is 5.60 Å². The topological polar surface area (TPSA) is 38.1 Å². The molecule has 0 saturated carbocycles. The number of aliphatic hydroxyl groups is 1. The molecule has 0 bridgehead atoms. The zero-order valence-corrected chi connectivity index (χ0v) is 12.1. The number of nitrogens with zero attached hydrogens (tertiary/aromatic N) is 2. The second-order valence-electron chi connectivity index (χ2n) is 4.81. The van der Waals surface area contributed by atoms with E-state index in [-0.39, 0.29) is 0 Å². The monoisotopic (exact) mass is 278 g/mol. The third-order valence-electron chi connectivity index (χ3n) is 3.40. The first-order chi connectivity index (χ1) is 9.09. The number of rotatable bonds is 5. The predicted molar refractivity (Wildman–Crippen MR) is 77.2 cm³/mol. The number of benzene rings is 1. The fraction of sp³-hybridized carbons (Fsp3) is 0.400. The van der Waals surface area contributed by atoms with Gasteiger partial charge in [0.25, 0.3) is 0 Å². The number of aromatic nitrogens is 2. The Morgan fingerprint density at radius 1 is 1.37 bits per heavy atom. The Morgan fingerprint density at radius 3 is 2.68 bits per heavy atom. The van der Waals surface area contributed by atoms with Gasteiger partial charge in [-0.05, 0) is 12.5 Å². The molecule has 0 spiro atoms. The Hall–Kier alpha value is -1.32. The SMILES string of the molecule is CCCCC(O)(c1ccccc1Cl)c1nccn1C. The normalized spacial score (nSPS) is 14.3. The molecule has 0 saturated heterocycles. The first kappa shape index (κ1) is 14.1. The standard InChI is InChI=1S/C15H19ClN2O/c1-3-4-9-15(19,14-17-10-11-18(14)2)12-7-5-6-8-13(12)16/h5-8,10-11,19H,3-4,9H2,1-2H3. The highest BCUT2D eigenvalue weighted by Crippen LogP contribution is 2.37. The molecule has 2 aromatic rings. The lowest BCUT2D eigenvalue weighted by Gasteiger charge is -2.29. The molecule has 1 atom stereocenters. The van der Waals surface area contributed by atoms with Crippen molar-refractivity contribution in [3.63, 3.8) is 0 Å². The van der Waals surface area contributed by atoms with E-state index >= 15 is 0 Å². The van der Waals surface area contributed by atoms with Crippen LogP contribution in [0.4, 0.5) is 0 Å². The van der Waals surface area contributed by atoms with E-state index in [2.05, 4.69) is 11.9 Å². The van der Waals surface area contributed by atoms with E-state index in [0.29, 0.717) is 17.3 Å². The molecule has 0 radical (unpaired) electrons. The van der Waals surface area contributed by atoms with Crippen molar-refractivity contribution in [1.82, 2.24) is 9.55 Å². The van der Waals surface area contributed by atoms with Crippen LogP contribution in [0.1, 0.15) is 37.6 Å². The maximum absolute atomic E-state index is 11.2. The predicted octanol–water partition coefficient (Wildman–Crippen LogP) is 3.50. The number of hydrogen-bond donors (Lipinski definition) is 1. The van der Waals surface area contributed by atoms with Crippen molar-refractivity contribution < 1.29 is 5.11 Å². The van der Waals surface area contributed by atoms with Gasteiger partial charge in [-0.1, -0.05) is 49.6 Å². The third-order valence-corrected chi connectivity index (χ3v) is 3.73. The van der Waals surface area contributed by atoms with Crippen molar-refractivity contribution in [3.05, 3.63) is 53.1 Å². The Balaban J connectivity index is 2.52. The van der Waals surface area contributed by atoms with Crippen molar-refractivity contribution in [2.75, 3.05) is 0 Å². The lowest BCUT2D eigenvalue weighted by atomic mass is 9.87. The van der Waals surface area contributed by atoms with Gasteiger partial charge in [-0.15, -0.1) is 0 Å². The molecule has 3 nitrogen and oxygen atoms in total. The van der Waals surface area contributed by atoms with Gasteiger partial charge in [0.15, 0.2) is 0 Å². The zero-order valence-electron chi connectivity index (χ0n) is 11.3. The van der Waals surface area contributed by atoms with Crippen LogP contribution in [0.3, 0.4) is 0 Å². The van der Waals surface area contributed by atoms with Gasteiger partial charge in [0.2, 0.25) is 0 Å². The molecular formula is C15H19ClN2O. The molecule has 0 aliphatic carbocycles. The van der Waals surface area contributed by atoms with Gasteiger partial charge in [0.1, 0.15) is 11.4 Å². The van der Waals surface area contributed by atoms with Crippen LogP contribution in [0, 0.1) is 0 Å². The lowest BCUT2D eigenvalue weighted by Crippen LogP contribution is -2.31. The summed E-state index contributed by atoms with van der Waals surface area (Å²) in [5, 5.41) is 11.7. The van der Waals surface area contributed by atoms with Crippen molar-refractivity contribution in [2.24, 2.45) is 7.05 Å². The smallest absolute Gasteiger partial charge is 0.149 e. The summed E-state index contributed by atoms with van der Waals surface area (Å²) in [6.07, 6.45) is 6.07. The molecule has 0 fully saturated rings. The first-order valence-electron chi connectivity index (χ1n) is 6.54. The molecule has 2 rings (SSSR count). The van der Waals surface area contributed by atoms with Crippen LogP contribution in [0.2, 0.25) is 5.02 Å². The lowest BCUT2D eigenvalue weighted by molar-refractivity contribution is 0.0564. The largest absolute Gasteiger partial charge is 0.377 e. The highest BCUT2D eigenvalue weighted by Gasteiger charge is 2.36. The van der Waals surface area contributed by atoms with Crippen molar-refractivity contribution >= 4 is 11.6 Å². The molecule has 1 aromatic carbocycles. The van der Waals surface area contributed by atoms with Gasteiger partial charge in [0.05, 0.1) is 0 Å². The molecule has 0 aliphatic rings. The number of aryl methyl sites for hydroxylation is 1. The van der Waals surface area contributed by atoms with E-state index in [1.165, 1.54) is 0 Å². The highest BCUT2D eigenvalue weighted by atomic mass is 35.5. The van der Waals surface area contributed by atoms with Gasteiger partial charge in [-0.25, -0.2) is 4.98 Å². The summed E-state index contributed by atoms with van der Waals surface area (Å²) in [5.41, 5.74) is -0.411. The van der Waals surface area contributed by atoms with Gasteiger partial charge in [-0.2, -0.15) is 0 Å². The molecule has 19 heavy (non-hydrogen) atoms. The molecule has 102 valence electrons. The third kappa shape index (κ3) is 2.67. The minimum absolute atomic E-state index is 0.573. The van der Waals surface area contributed by atoms with Crippen LogP contribution >= 0.6 is 11.6 Å². The maximum atomic E-state index is 11.2. The van der Waals surface area contributed by atoms with Gasteiger partial charge < -0.3 is 9.67 Å². The van der Waals surface area contributed by atoms with Gasteiger partial charge in [-0.3, -0.25) is 0 Å². The summed E-state index contributed by atoms with van der Waals surface area (Å²) in [4.78, 5) is 4.31. The quantitative estimate of drug-likeness (QED) is 0.909. The number of hydrogen-bond acceptors (Lipinski definition) is 2. The number of unbranched alkanes of at least 4 members (excludes halogenated alkanes) is 1. The maximum Gasteiger partial charge on any atom is 0.149 e. The van der Waals surface area contributed by atoms with E-state index in [4.69, 9.17) is 11.6 Å².